The van der Waals surface area contributed by atoms with Gasteiger partial charge in [-0.2, -0.15) is 0 Å². The molecule has 3 rings (SSSR count). The molecule has 0 radical (unpaired) electrons. The quantitative estimate of drug-likeness (QED) is 0.396. The summed E-state index contributed by atoms with van der Waals surface area (Å²) in [6.45, 7) is 10.2. The molecule has 0 aliphatic carbocycles. The van der Waals surface area contributed by atoms with E-state index >= 15 is 0 Å². The average molecular weight is 419 g/mol. The minimum Gasteiger partial charge on any atom is -0.465 e. The topological polar surface area (TPSA) is 61.2 Å². The molecule has 0 saturated carbocycles. The van der Waals surface area contributed by atoms with Crippen molar-refractivity contribution >= 4 is 29.5 Å². The van der Waals surface area contributed by atoms with Crippen molar-refractivity contribution in [2.75, 3.05) is 6.61 Å². The maximum atomic E-state index is 13.4. The molecule has 150 valence electrons. The van der Waals surface area contributed by atoms with Crippen LogP contribution in [0.2, 0.25) is 0 Å². The summed E-state index contributed by atoms with van der Waals surface area (Å²) in [5, 5.41) is 0.493. The van der Waals surface area contributed by atoms with Gasteiger partial charge in [-0.3, -0.25) is 14.2 Å². The molecule has 1 aliphatic rings. The van der Waals surface area contributed by atoms with Gasteiger partial charge in [-0.1, -0.05) is 31.7 Å². The van der Waals surface area contributed by atoms with Crippen molar-refractivity contribution in [3.05, 3.63) is 45.4 Å². The number of thioether (sulfide) groups is 2. The number of esters is 1. The van der Waals surface area contributed by atoms with Crippen molar-refractivity contribution in [2.45, 2.75) is 68.0 Å². The fourth-order valence-corrected chi connectivity index (χ4v) is 5.49. The Morgan fingerprint density at radius 2 is 2.00 bits per heavy atom. The maximum Gasteiger partial charge on any atom is 0.319 e. The SMILES string of the molecule is CCOC(=O)C(CC)Sc1nc2c(c(=O)n1-c1cc(C)cc(C)c1)SC(C)C2. The number of hydrogen-bond donors (Lipinski definition) is 0. The van der Waals surface area contributed by atoms with Crippen LogP contribution in [0.1, 0.15) is 44.0 Å². The van der Waals surface area contributed by atoms with Gasteiger partial charge in [-0.25, -0.2) is 4.98 Å². The maximum absolute atomic E-state index is 13.4. The summed E-state index contributed by atoms with van der Waals surface area (Å²) in [6.07, 6.45) is 1.38. The Morgan fingerprint density at radius 1 is 1.32 bits per heavy atom. The van der Waals surface area contributed by atoms with E-state index in [-0.39, 0.29) is 11.5 Å². The molecule has 0 spiro atoms. The molecule has 0 amide bonds. The molecule has 1 aliphatic heterocycles. The second-order valence-electron chi connectivity index (χ2n) is 7.06. The van der Waals surface area contributed by atoms with E-state index in [2.05, 4.69) is 13.0 Å². The van der Waals surface area contributed by atoms with Gasteiger partial charge in [0.2, 0.25) is 0 Å². The van der Waals surface area contributed by atoms with Gasteiger partial charge < -0.3 is 4.74 Å². The number of ether oxygens (including phenoxy) is 1. The largest absolute Gasteiger partial charge is 0.465 e. The summed E-state index contributed by atoms with van der Waals surface area (Å²) in [4.78, 5) is 31.3. The van der Waals surface area contributed by atoms with Crippen LogP contribution >= 0.6 is 23.5 Å². The molecule has 28 heavy (non-hydrogen) atoms. The van der Waals surface area contributed by atoms with Gasteiger partial charge in [0.05, 0.1) is 22.9 Å². The molecule has 2 heterocycles. The molecule has 0 bridgehead atoms. The molecule has 1 aromatic carbocycles. The summed E-state index contributed by atoms with van der Waals surface area (Å²) in [5.74, 6) is -0.264. The van der Waals surface area contributed by atoms with Crippen LogP contribution < -0.4 is 5.56 Å². The smallest absolute Gasteiger partial charge is 0.319 e. The highest BCUT2D eigenvalue weighted by Gasteiger charge is 2.29. The summed E-state index contributed by atoms with van der Waals surface area (Å²) >= 11 is 2.91. The first-order chi connectivity index (χ1) is 13.3. The lowest BCUT2D eigenvalue weighted by Gasteiger charge is -2.18. The van der Waals surface area contributed by atoms with Crippen LogP contribution in [0.25, 0.3) is 5.69 Å². The van der Waals surface area contributed by atoms with Gasteiger partial charge in [0.1, 0.15) is 5.25 Å². The second kappa shape index (κ2) is 8.74. The van der Waals surface area contributed by atoms with E-state index in [0.29, 0.717) is 23.4 Å². The van der Waals surface area contributed by atoms with Crippen LogP contribution in [-0.2, 0) is 16.0 Å². The Hall–Kier alpha value is -1.73. The second-order valence-corrected chi connectivity index (χ2v) is 9.67. The number of benzene rings is 1. The third-order valence-electron chi connectivity index (χ3n) is 4.51. The lowest BCUT2D eigenvalue weighted by atomic mass is 10.1. The highest BCUT2D eigenvalue weighted by molar-refractivity contribution is 8.00. The highest BCUT2D eigenvalue weighted by Crippen LogP contribution is 2.36. The van der Waals surface area contributed by atoms with Crippen molar-refractivity contribution < 1.29 is 9.53 Å². The number of carbonyl (C=O) groups is 1. The van der Waals surface area contributed by atoms with Gasteiger partial charge in [-0.05, 0) is 50.5 Å². The van der Waals surface area contributed by atoms with E-state index < -0.39 is 5.25 Å². The fourth-order valence-electron chi connectivity index (χ4n) is 3.35. The summed E-state index contributed by atoms with van der Waals surface area (Å²) in [7, 11) is 0. The first-order valence-corrected chi connectivity index (χ1v) is 11.3. The van der Waals surface area contributed by atoms with Gasteiger partial charge in [0.25, 0.3) is 5.56 Å². The number of aryl methyl sites for hydroxylation is 2. The minimum atomic E-state index is -0.395. The van der Waals surface area contributed by atoms with Crippen LogP contribution in [0.4, 0.5) is 0 Å². The summed E-state index contributed by atoms with van der Waals surface area (Å²) in [5.41, 5.74) is 3.74. The first kappa shape index (κ1) is 21.0. The normalized spacial score (nSPS) is 16.7. The van der Waals surface area contributed by atoms with Crippen molar-refractivity contribution in [2.24, 2.45) is 0 Å². The predicted molar refractivity (Wildman–Crippen MR) is 115 cm³/mol. The lowest BCUT2D eigenvalue weighted by molar-refractivity contribution is -0.142. The Bertz CT molecular complexity index is 935. The lowest BCUT2D eigenvalue weighted by Crippen LogP contribution is -2.26. The molecule has 0 saturated heterocycles. The van der Waals surface area contributed by atoms with Crippen LogP contribution in [0.5, 0.6) is 0 Å². The summed E-state index contributed by atoms with van der Waals surface area (Å²) < 4.78 is 6.87. The van der Waals surface area contributed by atoms with Gasteiger partial charge in [0, 0.05) is 11.7 Å². The zero-order valence-electron chi connectivity index (χ0n) is 16.9. The van der Waals surface area contributed by atoms with Crippen LogP contribution in [0, 0.1) is 13.8 Å². The standard InChI is InChI=1S/C21H26N2O3S2/c1-6-17(20(25)26-7-2)28-21-22-16-11-14(5)27-18(16)19(24)23(21)15-9-12(3)8-13(4)10-15/h8-10,14,17H,6-7,11H2,1-5H3. The summed E-state index contributed by atoms with van der Waals surface area (Å²) in [6, 6.07) is 6.05. The van der Waals surface area contributed by atoms with Gasteiger partial charge in [0.15, 0.2) is 5.16 Å². The number of aromatic nitrogens is 2. The van der Waals surface area contributed by atoms with E-state index in [1.54, 1.807) is 23.3 Å². The monoisotopic (exact) mass is 418 g/mol. The van der Waals surface area contributed by atoms with Crippen LogP contribution in [0.15, 0.2) is 33.0 Å². The van der Waals surface area contributed by atoms with Crippen molar-refractivity contribution in [1.82, 2.24) is 9.55 Å². The number of rotatable bonds is 6. The van der Waals surface area contributed by atoms with Gasteiger partial charge in [-0.15, -0.1) is 11.8 Å². The van der Waals surface area contributed by atoms with Crippen LogP contribution in [-0.4, -0.2) is 32.6 Å². The molecule has 0 N–H and O–H groups in total. The number of carbonyl (C=O) groups excluding carboxylic acids is 1. The molecule has 2 unspecified atom stereocenters. The molecule has 1 aromatic heterocycles. The third kappa shape index (κ3) is 4.30. The predicted octanol–water partition coefficient (Wildman–Crippen LogP) is 4.32. The molecule has 2 aromatic rings. The molecule has 2 atom stereocenters. The van der Waals surface area contributed by atoms with Gasteiger partial charge >= 0.3 is 5.97 Å². The zero-order chi connectivity index (χ0) is 20.4. The minimum absolute atomic E-state index is 0.0504. The zero-order valence-corrected chi connectivity index (χ0v) is 18.6. The average Bonchev–Trinajstić information content (AvgIpc) is 2.99. The number of fused-ring (bicyclic) bond motifs is 1. The molecular formula is C21H26N2O3S2. The van der Waals surface area contributed by atoms with Crippen molar-refractivity contribution in [3.8, 4) is 5.69 Å². The van der Waals surface area contributed by atoms with Crippen molar-refractivity contribution in [3.63, 3.8) is 0 Å². The van der Waals surface area contributed by atoms with E-state index in [0.717, 1.165) is 33.8 Å². The first-order valence-electron chi connectivity index (χ1n) is 9.58. The highest BCUT2D eigenvalue weighted by atomic mass is 32.2. The number of nitrogens with zero attached hydrogens (tertiary/aromatic N) is 2. The fraction of sp³-hybridized carbons (Fsp3) is 0.476. The molecule has 5 nitrogen and oxygen atoms in total. The molecular weight excluding hydrogens is 392 g/mol. The Balaban J connectivity index is 2.15. The van der Waals surface area contributed by atoms with E-state index in [9.17, 15) is 9.59 Å². The van der Waals surface area contributed by atoms with Crippen LogP contribution in [0.3, 0.4) is 0 Å². The Kier molecular flexibility index (Phi) is 6.55. The van der Waals surface area contributed by atoms with E-state index in [1.165, 1.54) is 11.8 Å². The molecule has 0 fully saturated rings. The van der Waals surface area contributed by atoms with E-state index in [4.69, 9.17) is 9.72 Å². The Labute approximate surface area is 174 Å². The third-order valence-corrected chi connectivity index (χ3v) is 7.02. The van der Waals surface area contributed by atoms with E-state index in [1.807, 2.05) is 32.9 Å². The Morgan fingerprint density at radius 3 is 2.61 bits per heavy atom. The van der Waals surface area contributed by atoms with Crippen molar-refractivity contribution in [1.29, 1.82) is 0 Å². The number of hydrogen-bond acceptors (Lipinski definition) is 6. The molecule has 7 heteroatoms.